The summed E-state index contributed by atoms with van der Waals surface area (Å²) in [7, 11) is -2.16. The van der Waals surface area contributed by atoms with E-state index in [1.54, 1.807) is 14.0 Å². The summed E-state index contributed by atoms with van der Waals surface area (Å²) >= 11 is 0. The molecule has 0 fully saturated rings. The number of benzene rings is 3. The van der Waals surface area contributed by atoms with Crippen LogP contribution in [0.4, 0.5) is 0 Å². The van der Waals surface area contributed by atoms with E-state index in [-0.39, 0.29) is 6.04 Å². The molecule has 0 radical (unpaired) electrons. The number of fused-ring (bicyclic) bond motifs is 1. The summed E-state index contributed by atoms with van der Waals surface area (Å²) in [6.07, 6.45) is 0. The van der Waals surface area contributed by atoms with Gasteiger partial charge in [0.15, 0.2) is 5.75 Å². The maximum Gasteiger partial charge on any atom is 0.383 e. The van der Waals surface area contributed by atoms with Gasteiger partial charge in [-0.1, -0.05) is 54.6 Å². The molecule has 3 aromatic rings. The third kappa shape index (κ3) is 3.41. The molecule has 0 aromatic heterocycles. The van der Waals surface area contributed by atoms with E-state index >= 15 is 0 Å². The maximum atomic E-state index is 12.0. The zero-order valence-corrected chi connectivity index (χ0v) is 15.8. The number of rotatable bonds is 3. The van der Waals surface area contributed by atoms with Gasteiger partial charge in [-0.25, -0.2) is 0 Å². The van der Waals surface area contributed by atoms with Crippen LogP contribution in [0.15, 0.2) is 66.7 Å². The minimum absolute atomic E-state index is 0.338. The lowest BCUT2D eigenvalue weighted by molar-refractivity contribution is 0.415. The average Bonchev–Trinajstić information content (AvgIpc) is 2.67. The molecule has 0 saturated heterocycles. The molecule has 1 heterocycles. The molecular weight excluding hydrogens is 362 g/mol. The lowest BCUT2D eigenvalue weighted by Gasteiger charge is -2.25. The highest BCUT2D eigenvalue weighted by atomic mass is 32.2. The molecule has 5 nitrogen and oxygen atoms in total. The van der Waals surface area contributed by atoms with Gasteiger partial charge in [-0.15, -0.1) is 0 Å². The van der Waals surface area contributed by atoms with Crippen LogP contribution in [0, 0.1) is 0 Å². The van der Waals surface area contributed by atoms with Crippen molar-refractivity contribution in [3.8, 4) is 33.8 Å². The fraction of sp³-hybridized carbons (Fsp3) is 0.143. The van der Waals surface area contributed by atoms with E-state index in [4.69, 9.17) is 8.92 Å². The lowest BCUT2D eigenvalue weighted by atomic mass is 9.96. The number of nitrogens with one attached hydrogen (secondary N) is 1. The van der Waals surface area contributed by atoms with Crippen molar-refractivity contribution in [3.05, 3.63) is 72.3 Å². The van der Waals surface area contributed by atoms with E-state index in [1.807, 2.05) is 66.7 Å². The topological polar surface area (TPSA) is 64.6 Å². The monoisotopic (exact) mass is 381 g/mol. The molecule has 1 unspecified atom stereocenters. The first kappa shape index (κ1) is 17.6. The Morgan fingerprint density at radius 1 is 0.926 bits per heavy atom. The number of hydrogen-bond acceptors (Lipinski definition) is 4. The van der Waals surface area contributed by atoms with Gasteiger partial charge in [0.25, 0.3) is 0 Å². The van der Waals surface area contributed by atoms with Crippen molar-refractivity contribution >= 4 is 10.3 Å². The highest BCUT2D eigenvalue weighted by Gasteiger charge is 2.29. The van der Waals surface area contributed by atoms with Gasteiger partial charge in [0.1, 0.15) is 5.75 Å². The fourth-order valence-corrected chi connectivity index (χ4v) is 4.29. The molecule has 0 amide bonds. The molecule has 0 saturated carbocycles. The van der Waals surface area contributed by atoms with Gasteiger partial charge in [0.2, 0.25) is 0 Å². The second-order valence-electron chi connectivity index (χ2n) is 6.41. The molecule has 1 aliphatic rings. The summed E-state index contributed by atoms with van der Waals surface area (Å²) < 4.78 is 36.9. The summed E-state index contributed by atoms with van der Waals surface area (Å²) in [5, 5.41) is 0. The Morgan fingerprint density at radius 3 is 2.37 bits per heavy atom. The molecule has 6 heteroatoms. The van der Waals surface area contributed by atoms with Gasteiger partial charge in [0.05, 0.1) is 13.2 Å². The van der Waals surface area contributed by atoms with Crippen molar-refractivity contribution in [3.63, 3.8) is 0 Å². The molecule has 3 aromatic carbocycles. The molecular formula is C21H19NO4S. The van der Waals surface area contributed by atoms with E-state index in [2.05, 4.69) is 4.72 Å². The minimum atomic E-state index is -3.80. The first-order valence-corrected chi connectivity index (χ1v) is 9.97. The van der Waals surface area contributed by atoms with Crippen LogP contribution in [-0.2, 0) is 10.3 Å². The first-order valence-electron chi connectivity index (χ1n) is 8.56. The highest BCUT2D eigenvalue weighted by Crippen LogP contribution is 2.40. The summed E-state index contributed by atoms with van der Waals surface area (Å²) in [4.78, 5) is 0. The Hall–Kier alpha value is -2.83. The fourth-order valence-electron chi connectivity index (χ4n) is 3.27. The Kier molecular flexibility index (Phi) is 4.37. The van der Waals surface area contributed by atoms with Crippen molar-refractivity contribution in [2.24, 2.45) is 0 Å². The van der Waals surface area contributed by atoms with E-state index < -0.39 is 10.3 Å². The third-order valence-corrected chi connectivity index (χ3v) is 5.65. The Balaban J connectivity index is 1.74. The predicted octanol–water partition coefficient (Wildman–Crippen LogP) is 4.32. The standard InChI is InChI=1S/C21H19NO4S/c1-14-19-7-4-8-20(21(19)26-27(23,24)22-14)16-11-9-15(10-12-16)17-5-3-6-18(13-17)25-2/h3-14,22H,1-2H3. The number of hydrogen-bond donors (Lipinski definition) is 1. The molecule has 4 rings (SSSR count). The van der Waals surface area contributed by atoms with Gasteiger partial charge < -0.3 is 8.92 Å². The average molecular weight is 381 g/mol. The Bertz CT molecular complexity index is 1090. The van der Waals surface area contributed by atoms with Gasteiger partial charge in [-0.05, 0) is 35.7 Å². The molecule has 1 aliphatic heterocycles. The van der Waals surface area contributed by atoms with E-state index in [9.17, 15) is 8.42 Å². The predicted molar refractivity (Wildman–Crippen MR) is 105 cm³/mol. The molecule has 138 valence electrons. The van der Waals surface area contributed by atoms with Crippen LogP contribution in [0.2, 0.25) is 0 Å². The van der Waals surface area contributed by atoms with Crippen molar-refractivity contribution in [2.75, 3.05) is 7.11 Å². The highest BCUT2D eigenvalue weighted by molar-refractivity contribution is 7.85. The van der Waals surface area contributed by atoms with Crippen LogP contribution in [0.1, 0.15) is 18.5 Å². The van der Waals surface area contributed by atoms with Crippen molar-refractivity contribution in [1.29, 1.82) is 0 Å². The summed E-state index contributed by atoms with van der Waals surface area (Å²) in [5.74, 6) is 1.19. The molecule has 0 spiro atoms. The minimum Gasteiger partial charge on any atom is -0.497 e. The molecule has 1 N–H and O–H groups in total. The van der Waals surface area contributed by atoms with Crippen molar-refractivity contribution in [1.82, 2.24) is 4.72 Å². The molecule has 1 atom stereocenters. The second kappa shape index (κ2) is 6.72. The Morgan fingerprint density at radius 2 is 1.63 bits per heavy atom. The molecule has 0 bridgehead atoms. The first-order chi connectivity index (χ1) is 13.0. The van der Waals surface area contributed by atoms with Crippen LogP contribution in [0.5, 0.6) is 11.5 Å². The van der Waals surface area contributed by atoms with Gasteiger partial charge in [0, 0.05) is 11.1 Å². The van der Waals surface area contributed by atoms with Crippen LogP contribution < -0.4 is 13.6 Å². The maximum absolute atomic E-state index is 12.0. The number of para-hydroxylation sites is 1. The quantitative estimate of drug-likeness (QED) is 0.734. The summed E-state index contributed by atoms with van der Waals surface area (Å²) in [5.41, 5.74) is 4.56. The molecule has 0 aliphatic carbocycles. The normalized spacial score (nSPS) is 17.6. The van der Waals surface area contributed by atoms with Crippen molar-refractivity contribution in [2.45, 2.75) is 13.0 Å². The molecule has 27 heavy (non-hydrogen) atoms. The Labute approximate surface area is 158 Å². The lowest BCUT2D eigenvalue weighted by Crippen LogP contribution is -2.35. The van der Waals surface area contributed by atoms with E-state index in [0.717, 1.165) is 33.6 Å². The largest absolute Gasteiger partial charge is 0.497 e. The van der Waals surface area contributed by atoms with Crippen LogP contribution >= 0.6 is 0 Å². The van der Waals surface area contributed by atoms with Gasteiger partial charge >= 0.3 is 10.3 Å². The van der Waals surface area contributed by atoms with Crippen molar-refractivity contribution < 1.29 is 17.3 Å². The van der Waals surface area contributed by atoms with Gasteiger partial charge in [-0.3, -0.25) is 0 Å². The summed E-state index contributed by atoms with van der Waals surface area (Å²) in [6.45, 7) is 1.80. The van der Waals surface area contributed by atoms with E-state index in [0.29, 0.717) is 5.75 Å². The zero-order valence-electron chi connectivity index (χ0n) is 15.0. The number of ether oxygens (including phenoxy) is 1. The SMILES string of the molecule is COc1cccc(-c2ccc(-c3cccc4c3OS(=O)(=O)NC4C)cc2)c1. The van der Waals surface area contributed by atoms with Crippen LogP contribution in [0.3, 0.4) is 0 Å². The van der Waals surface area contributed by atoms with Gasteiger partial charge in [-0.2, -0.15) is 13.1 Å². The summed E-state index contributed by atoms with van der Waals surface area (Å²) in [6, 6.07) is 21.1. The third-order valence-electron chi connectivity index (χ3n) is 4.63. The smallest absolute Gasteiger partial charge is 0.383 e. The van der Waals surface area contributed by atoms with Crippen LogP contribution in [-0.4, -0.2) is 15.5 Å². The zero-order chi connectivity index (χ0) is 19.0. The second-order valence-corrected chi connectivity index (χ2v) is 7.72. The van der Waals surface area contributed by atoms with E-state index in [1.165, 1.54) is 0 Å². The number of methoxy groups -OCH3 is 1. The van der Waals surface area contributed by atoms with Crippen LogP contribution in [0.25, 0.3) is 22.3 Å².